The number of aryl methyl sites for hydroxylation is 1. The van der Waals surface area contributed by atoms with Gasteiger partial charge in [0.05, 0.1) is 55.6 Å². The lowest BCUT2D eigenvalue weighted by atomic mass is 10.1. The van der Waals surface area contributed by atoms with Crippen LogP contribution in [0, 0.1) is 11.3 Å². The zero-order valence-corrected chi connectivity index (χ0v) is 20.1. The summed E-state index contributed by atoms with van der Waals surface area (Å²) in [6.45, 7) is 0.410. The SMILES string of the molecule is COc1cc(OC)cc(N(Cc2cccc(C#N)n2)c2ccc3ncc(-c4cnn(C)c4)nc3c2)c1. The van der Waals surface area contributed by atoms with E-state index in [2.05, 4.69) is 26.0 Å². The summed E-state index contributed by atoms with van der Waals surface area (Å²) in [5.41, 5.74) is 5.97. The Hall–Kier alpha value is -4.97. The lowest BCUT2D eigenvalue weighted by Gasteiger charge is -2.26. The van der Waals surface area contributed by atoms with E-state index in [0.29, 0.717) is 23.7 Å². The fraction of sp³-hybridized carbons (Fsp3) is 0.148. The Bertz CT molecular complexity index is 1570. The molecule has 36 heavy (non-hydrogen) atoms. The molecule has 2 aromatic carbocycles. The fourth-order valence-corrected chi connectivity index (χ4v) is 3.93. The molecule has 0 spiro atoms. The van der Waals surface area contributed by atoms with Gasteiger partial charge in [0.15, 0.2) is 0 Å². The van der Waals surface area contributed by atoms with Crippen LogP contribution in [-0.2, 0) is 13.6 Å². The Morgan fingerprint density at radius 3 is 2.42 bits per heavy atom. The summed E-state index contributed by atoms with van der Waals surface area (Å²) in [5.74, 6) is 1.32. The van der Waals surface area contributed by atoms with Crippen LogP contribution in [0.3, 0.4) is 0 Å². The van der Waals surface area contributed by atoms with Crippen LogP contribution >= 0.6 is 0 Å². The van der Waals surface area contributed by atoms with E-state index in [1.807, 2.05) is 61.8 Å². The molecular weight excluding hydrogens is 454 g/mol. The van der Waals surface area contributed by atoms with Gasteiger partial charge in [-0.05, 0) is 30.3 Å². The third kappa shape index (κ3) is 4.65. The minimum Gasteiger partial charge on any atom is -0.497 e. The third-order valence-corrected chi connectivity index (χ3v) is 5.73. The van der Waals surface area contributed by atoms with Crippen molar-refractivity contribution in [1.82, 2.24) is 24.7 Å². The van der Waals surface area contributed by atoms with Crippen molar-refractivity contribution in [3.63, 3.8) is 0 Å². The Balaban J connectivity index is 1.63. The summed E-state index contributed by atoms with van der Waals surface area (Å²) in [6.07, 6.45) is 5.42. The number of methoxy groups -OCH3 is 2. The van der Waals surface area contributed by atoms with Crippen molar-refractivity contribution in [2.75, 3.05) is 19.1 Å². The molecule has 178 valence electrons. The van der Waals surface area contributed by atoms with Crippen molar-refractivity contribution in [3.8, 4) is 28.8 Å². The van der Waals surface area contributed by atoms with Crippen LogP contribution in [0.1, 0.15) is 11.4 Å². The first-order chi connectivity index (χ1) is 17.6. The molecule has 0 aliphatic rings. The number of ether oxygens (including phenoxy) is 2. The molecule has 9 nitrogen and oxygen atoms in total. The van der Waals surface area contributed by atoms with Crippen molar-refractivity contribution in [2.45, 2.75) is 6.54 Å². The predicted octanol–water partition coefficient (Wildman–Crippen LogP) is 4.65. The molecule has 0 radical (unpaired) electrons. The molecule has 3 heterocycles. The largest absolute Gasteiger partial charge is 0.497 e. The molecule has 3 aromatic heterocycles. The average Bonchev–Trinajstić information content (AvgIpc) is 3.37. The molecule has 0 N–H and O–H groups in total. The van der Waals surface area contributed by atoms with E-state index < -0.39 is 0 Å². The Kier molecular flexibility index (Phi) is 6.16. The average molecular weight is 478 g/mol. The molecule has 0 aliphatic carbocycles. The van der Waals surface area contributed by atoms with Gasteiger partial charge in [-0.2, -0.15) is 10.4 Å². The lowest BCUT2D eigenvalue weighted by molar-refractivity contribution is 0.394. The molecule has 0 atom stereocenters. The topological polar surface area (TPSA) is 102 Å². The van der Waals surface area contributed by atoms with Crippen LogP contribution < -0.4 is 14.4 Å². The highest BCUT2D eigenvalue weighted by atomic mass is 16.5. The van der Waals surface area contributed by atoms with Crippen molar-refractivity contribution in [2.24, 2.45) is 7.05 Å². The summed E-state index contributed by atoms with van der Waals surface area (Å²) < 4.78 is 12.8. The highest BCUT2D eigenvalue weighted by Crippen LogP contribution is 2.35. The molecule has 0 unspecified atom stereocenters. The summed E-state index contributed by atoms with van der Waals surface area (Å²) in [5, 5.41) is 13.6. The number of hydrogen-bond acceptors (Lipinski definition) is 8. The minimum atomic E-state index is 0.362. The van der Waals surface area contributed by atoms with Gasteiger partial charge in [0.2, 0.25) is 0 Å². The van der Waals surface area contributed by atoms with E-state index in [-0.39, 0.29) is 0 Å². The number of hydrogen-bond donors (Lipinski definition) is 0. The molecular formula is C27H23N7O2. The molecule has 9 heteroatoms. The van der Waals surface area contributed by atoms with Crippen LogP contribution in [0.25, 0.3) is 22.3 Å². The first-order valence-electron chi connectivity index (χ1n) is 11.2. The molecule has 0 aliphatic heterocycles. The van der Waals surface area contributed by atoms with Gasteiger partial charge in [-0.1, -0.05) is 6.07 Å². The monoisotopic (exact) mass is 477 g/mol. The van der Waals surface area contributed by atoms with Gasteiger partial charge < -0.3 is 14.4 Å². The first-order valence-corrected chi connectivity index (χ1v) is 11.2. The van der Waals surface area contributed by atoms with Gasteiger partial charge in [-0.25, -0.2) is 9.97 Å². The summed E-state index contributed by atoms with van der Waals surface area (Å²) in [4.78, 5) is 16.0. The Labute approximate surface area is 208 Å². The molecule has 5 aromatic rings. The third-order valence-electron chi connectivity index (χ3n) is 5.73. The van der Waals surface area contributed by atoms with E-state index >= 15 is 0 Å². The van der Waals surface area contributed by atoms with E-state index in [4.69, 9.17) is 14.5 Å². The minimum absolute atomic E-state index is 0.362. The molecule has 5 rings (SSSR count). The van der Waals surface area contributed by atoms with E-state index in [1.54, 1.807) is 37.4 Å². The number of benzene rings is 2. The summed E-state index contributed by atoms with van der Waals surface area (Å²) >= 11 is 0. The van der Waals surface area contributed by atoms with E-state index in [0.717, 1.165) is 39.4 Å². The molecule has 0 bridgehead atoms. The maximum absolute atomic E-state index is 9.33. The van der Waals surface area contributed by atoms with Crippen molar-refractivity contribution in [3.05, 3.63) is 84.6 Å². The maximum atomic E-state index is 9.33. The molecule has 0 fully saturated rings. The predicted molar refractivity (Wildman–Crippen MR) is 136 cm³/mol. The highest BCUT2D eigenvalue weighted by molar-refractivity contribution is 5.82. The van der Waals surface area contributed by atoms with Gasteiger partial charge in [0, 0.05) is 48.4 Å². The van der Waals surface area contributed by atoms with Crippen molar-refractivity contribution >= 4 is 22.4 Å². The van der Waals surface area contributed by atoms with Gasteiger partial charge in [0.1, 0.15) is 23.3 Å². The molecule has 0 saturated carbocycles. The number of fused-ring (bicyclic) bond motifs is 1. The maximum Gasteiger partial charge on any atom is 0.140 e. The zero-order chi connectivity index (χ0) is 25.1. The van der Waals surface area contributed by atoms with Gasteiger partial charge in [-0.15, -0.1) is 0 Å². The quantitative estimate of drug-likeness (QED) is 0.334. The second kappa shape index (κ2) is 9.72. The van der Waals surface area contributed by atoms with E-state index in [1.165, 1.54) is 0 Å². The standard InChI is InChI=1S/C27H23N7O2/c1-33-16-18(14-30-33)27-15-29-25-8-7-21(11-26(25)32-27)34(17-20-6-4-5-19(13-28)31-20)22-9-23(35-2)12-24(10-22)36-3/h4-12,14-16H,17H2,1-3H3. The second-order valence-electron chi connectivity index (χ2n) is 8.11. The van der Waals surface area contributed by atoms with E-state index in [9.17, 15) is 5.26 Å². The molecule has 0 amide bonds. The smallest absolute Gasteiger partial charge is 0.140 e. The first kappa shape index (κ1) is 22.8. The number of aromatic nitrogens is 5. The number of pyridine rings is 1. The normalized spacial score (nSPS) is 10.7. The van der Waals surface area contributed by atoms with Crippen molar-refractivity contribution in [1.29, 1.82) is 5.26 Å². The molecule has 0 saturated heterocycles. The fourth-order valence-electron chi connectivity index (χ4n) is 3.93. The Morgan fingerprint density at radius 2 is 1.72 bits per heavy atom. The van der Waals surface area contributed by atoms with Crippen molar-refractivity contribution < 1.29 is 9.47 Å². The van der Waals surface area contributed by atoms with Crippen LogP contribution in [0.4, 0.5) is 11.4 Å². The number of nitriles is 1. The summed E-state index contributed by atoms with van der Waals surface area (Å²) in [6, 6.07) is 19.1. The zero-order valence-electron chi connectivity index (χ0n) is 20.1. The number of rotatable bonds is 7. The number of anilines is 2. The van der Waals surface area contributed by atoms with Crippen LogP contribution in [0.15, 0.2) is 73.2 Å². The van der Waals surface area contributed by atoms with Crippen LogP contribution in [-0.4, -0.2) is 39.0 Å². The second-order valence-corrected chi connectivity index (χ2v) is 8.11. The van der Waals surface area contributed by atoms with Gasteiger partial charge >= 0.3 is 0 Å². The summed E-state index contributed by atoms with van der Waals surface area (Å²) in [7, 11) is 5.10. The van der Waals surface area contributed by atoms with Crippen LogP contribution in [0.2, 0.25) is 0 Å². The highest BCUT2D eigenvalue weighted by Gasteiger charge is 2.16. The van der Waals surface area contributed by atoms with Crippen LogP contribution in [0.5, 0.6) is 11.5 Å². The van der Waals surface area contributed by atoms with Gasteiger partial charge in [-0.3, -0.25) is 9.67 Å². The lowest BCUT2D eigenvalue weighted by Crippen LogP contribution is -2.18. The number of nitrogens with zero attached hydrogens (tertiary/aromatic N) is 7. The van der Waals surface area contributed by atoms with Gasteiger partial charge in [0.25, 0.3) is 0 Å². The Morgan fingerprint density at radius 1 is 0.917 bits per heavy atom.